The molecule has 4 bridgehead atoms. The van der Waals surface area contributed by atoms with E-state index >= 15 is 0 Å². The van der Waals surface area contributed by atoms with Gasteiger partial charge < -0.3 is 19.1 Å². The summed E-state index contributed by atoms with van der Waals surface area (Å²) in [6, 6.07) is 46.5. The number of anilines is 3. The minimum absolute atomic E-state index is 0. The fourth-order valence-electron chi connectivity index (χ4n) is 11.0. The summed E-state index contributed by atoms with van der Waals surface area (Å²) in [7, 11) is 2.05. The van der Waals surface area contributed by atoms with Gasteiger partial charge in [0.15, 0.2) is 0 Å². The second-order valence-electron chi connectivity index (χ2n) is 15.7. The molecule has 0 N–H and O–H groups in total. The molecule has 4 saturated carbocycles. The van der Waals surface area contributed by atoms with E-state index in [2.05, 4.69) is 119 Å². The van der Waals surface area contributed by atoms with Gasteiger partial charge in [-0.05, 0) is 117 Å². The monoisotopic (exact) mass is 887 g/mol. The van der Waals surface area contributed by atoms with Gasteiger partial charge in [-0.3, -0.25) is 0 Å². The standard InChI is InChI=1S/C48H41N4O.Pt/c1-31-14-16-34(17-15-31)48(36-23-32-22-33(25-36)26-37(48)24-32)35-20-21-49-47(27-35)52-43-11-4-3-10-41(43)42-19-18-40(29-46(42)52)53-39-9-7-8-38(28-39)51-30-50(2)44-12-5-6-13-45(44)51;/h3-21,27,30,32-33,36-37H,22-26H2,1-2H3;/q-3;/i1D3;. The van der Waals surface area contributed by atoms with Gasteiger partial charge in [0.1, 0.15) is 5.82 Å². The van der Waals surface area contributed by atoms with Crippen molar-refractivity contribution in [1.82, 2.24) is 9.55 Å². The maximum Gasteiger partial charge on any atom is 0.135 e. The van der Waals surface area contributed by atoms with Crippen molar-refractivity contribution >= 4 is 38.9 Å². The first kappa shape index (κ1) is 30.5. The number of hydrogen-bond acceptors (Lipinski definition) is 4. The van der Waals surface area contributed by atoms with Gasteiger partial charge in [0, 0.05) is 65.2 Å². The number of benzene rings is 5. The number of rotatable bonds is 6. The van der Waals surface area contributed by atoms with E-state index in [-0.39, 0.29) is 26.5 Å². The molecule has 0 amide bonds. The van der Waals surface area contributed by atoms with Crippen LogP contribution in [-0.2, 0) is 26.5 Å². The molecule has 5 nitrogen and oxygen atoms in total. The Hall–Kier alpha value is -4.86. The quantitative estimate of drug-likeness (QED) is 0.156. The van der Waals surface area contributed by atoms with Crippen molar-refractivity contribution in [2.45, 2.75) is 44.4 Å². The fraction of sp³-hybridized carbons (Fsp3) is 0.250. The zero-order valence-corrected chi connectivity index (χ0v) is 32.3. The summed E-state index contributed by atoms with van der Waals surface area (Å²) in [4.78, 5) is 9.31. The van der Waals surface area contributed by atoms with Crippen molar-refractivity contribution in [2.75, 3.05) is 16.8 Å². The molecule has 0 radical (unpaired) electrons. The third kappa shape index (κ3) is 5.11. The molecule has 4 aliphatic carbocycles. The third-order valence-electron chi connectivity index (χ3n) is 12.8. The molecule has 5 aliphatic rings. The van der Waals surface area contributed by atoms with Crippen LogP contribution in [0, 0.1) is 49.3 Å². The number of ether oxygens (including phenoxy) is 1. The Kier molecular flexibility index (Phi) is 7.26. The topological polar surface area (TPSA) is 33.5 Å². The molecular formula is C48H41N4OPt-3. The van der Waals surface area contributed by atoms with Crippen LogP contribution in [0.25, 0.3) is 27.6 Å². The molecule has 4 fully saturated rings. The number of para-hydroxylation sites is 3. The predicted molar refractivity (Wildman–Crippen MR) is 213 cm³/mol. The average molecular weight is 888 g/mol. The summed E-state index contributed by atoms with van der Waals surface area (Å²) in [5.74, 6) is 4.60. The first-order valence-corrected chi connectivity index (χ1v) is 18.9. The largest absolute Gasteiger partial charge is 0.509 e. The first-order chi connectivity index (χ1) is 27.2. The van der Waals surface area contributed by atoms with Crippen LogP contribution in [0.4, 0.5) is 17.1 Å². The summed E-state index contributed by atoms with van der Waals surface area (Å²) in [6.45, 7) is -0.0661. The van der Waals surface area contributed by atoms with Crippen LogP contribution in [0.15, 0.2) is 121 Å². The molecule has 12 rings (SSSR count). The van der Waals surface area contributed by atoms with Gasteiger partial charge in [-0.1, -0.05) is 65.7 Å². The summed E-state index contributed by atoms with van der Waals surface area (Å²) < 4.78 is 32.9. The molecule has 3 heterocycles. The van der Waals surface area contributed by atoms with Crippen LogP contribution in [0.2, 0.25) is 0 Å². The van der Waals surface area contributed by atoms with Crippen LogP contribution < -0.4 is 14.5 Å². The van der Waals surface area contributed by atoms with Crippen LogP contribution in [0.3, 0.4) is 0 Å². The summed E-state index contributed by atoms with van der Waals surface area (Å²) >= 11 is 0. The number of fused-ring (bicyclic) bond motifs is 4. The normalized spacial score (nSPS) is 24.9. The Morgan fingerprint density at radius 2 is 1.48 bits per heavy atom. The zero-order valence-electron chi connectivity index (χ0n) is 33.0. The SMILES string of the molecule is [2H]C([2H])([2H])c1ccc(C2(c3ccnc(-n4c5[c-]c(Oc6[c-]c(N7[CH-]N(C)c8ccccc87)ccc6)ccc5c5ccccc54)c3)C3CC4CC(C3)CC2C4)cc1.[Pt]. The van der Waals surface area contributed by atoms with Crippen molar-refractivity contribution in [2.24, 2.45) is 23.7 Å². The Bertz CT molecular complexity index is 2630. The molecule has 54 heavy (non-hydrogen) atoms. The molecule has 6 heteroatoms. The van der Waals surface area contributed by atoms with E-state index in [1.807, 2.05) is 42.6 Å². The summed E-state index contributed by atoms with van der Waals surface area (Å²) in [5, 5.41) is 2.21. The van der Waals surface area contributed by atoms with Crippen molar-refractivity contribution < 1.29 is 29.9 Å². The van der Waals surface area contributed by atoms with E-state index in [1.54, 1.807) is 0 Å². The van der Waals surface area contributed by atoms with Crippen LogP contribution in [-0.4, -0.2) is 16.6 Å². The molecular weight excluding hydrogens is 844 g/mol. The molecule has 0 saturated heterocycles. The number of aryl methyl sites for hydroxylation is 1. The van der Waals surface area contributed by atoms with E-state index < -0.39 is 6.85 Å². The summed E-state index contributed by atoms with van der Waals surface area (Å²) in [5.41, 5.74) is 7.77. The second-order valence-corrected chi connectivity index (χ2v) is 15.7. The number of hydrogen-bond donors (Lipinski definition) is 0. The number of nitrogens with zero attached hydrogens (tertiary/aromatic N) is 4. The molecule has 5 aromatic carbocycles. The van der Waals surface area contributed by atoms with Crippen molar-refractivity contribution in [3.05, 3.63) is 157 Å². The van der Waals surface area contributed by atoms with E-state index in [9.17, 15) is 0 Å². The molecule has 1 aliphatic heterocycles. The Morgan fingerprint density at radius 1 is 0.741 bits per heavy atom. The Labute approximate surface area is 336 Å². The fourth-order valence-corrected chi connectivity index (χ4v) is 11.0. The minimum atomic E-state index is -2.13. The third-order valence-corrected chi connectivity index (χ3v) is 12.8. The summed E-state index contributed by atoms with van der Waals surface area (Å²) in [6.07, 6.45) is 8.19. The number of pyridine rings is 1. The van der Waals surface area contributed by atoms with Gasteiger partial charge in [0.05, 0.1) is 0 Å². The van der Waals surface area contributed by atoms with Crippen molar-refractivity contribution in [1.29, 1.82) is 0 Å². The zero-order chi connectivity index (χ0) is 37.8. The van der Waals surface area contributed by atoms with Gasteiger partial charge >= 0.3 is 0 Å². The Morgan fingerprint density at radius 3 is 2.28 bits per heavy atom. The average Bonchev–Trinajstić information content (AvgIpc) is 3.72. The number of aromatic nitrogens is 2. The van der Waals surface area contributed by atoms with E-state index in [1.165, 1.54) is 43.2 Å². The first-order valence-electron chi connectivity index (χ1n) is 20.4. The van der Waals surface area contributed by atoms with Crippen LogP contribution >= 0.6 is 0 Å². The molecule has 0 atom stereocenters. The second kappa shape index (κ2) is 12.9. The maximum atomic E-state index is 8.06. The van der Waals surface area contributed by atoms with E-state index in [4.69, 9.17) is 13.8 Å². The maximum absolute atomic E-state index is 8.06. The molecule has 0 unspecified atom stereocenters. The van der Waals surface area contributed by atoms with Crippen LogP contribution in [0.5, 0.6) is 11.5 Å². The molecule has 0 spiro atoms. The molecule has 272 valence electrons. The van der Waals surface area contributed by atoms with Gasteiger partial charge in [-0.2, -0.15) is 18.8 Å². The van der Waals surface area contributed by atoms with Gasteiger partial charge in [-0.15, -0.1) is 41.4 Å². The van der Waals surface area contributed by atoms with Crippen LogP contribution in [0.1, 0.15) is 52.9 Å². The van der Waals surface area contributed by atoms with Crippen molar-refractivity contribution in [3.63, 3.8) is 0 Å². The van der Waals surface area contributed by atoms with E-state index in [0.717, 1.165) is 56.5 Å². The predicted octanol–water partition coefficient (Wildman–Crippen LogP) is 11.3. The van der Waals surface area contributed by atoms with Gasteiger partial charge in [-0.25, -0.2) is 4.98 Å². The molecule has 2 aromatic heterocycles. The van der Waals surface area contributed by atoms with Crippen molar-refractivity contribution in [3.8, 4) is 17.3 Å². The van der Waals surface area contributed by atoms with Gasteiger partial charge in [0.2, 0.25) is 0 Å². The Balaban J connectivity index is 0.00000396. The minimum Gasteiger partial charge on any atom is -0.509 e. The van der Waals surface area contributed by atoms with E-state index in [0.29, 0.717) is 28.9 Å². The smallest absolute Gasteiger partial charge is 0.135 e. The molecule has 7 aromatic rings. The van der Waals surface area contributed by atoms with Gasteiger partial charge in [0.25, 0.3) is 0 Å².